The Bertz CT molecular complexity index is 1110. The standard InChI is InChI=1S/C21H21N3O4/c1-13-16-8-4-5-9-17(16)20(26)24(22-13)12-19(25)18-10-14-6-2-3-7-15(14)11-23(18)21(27)28/h2-9,18-19,25H,10-12H2,1H3,(H,27,28)/t18-,19?/m0/s1. The summed E-state index contributed by atoms with van der Waals surface area (Å²) in [4.78, 5) is 25.8. The van der Waals surface area contributed by atoms with Crippen LogP contribution in [0.4, 0.5) is 4.79 Å². The summed E-state index contributed by atoms with van der Waals surface area (Å²) in [5.41, 5.74) is 2.34. The van der Waals surface area contributed by atoms with E-state index in [4.69, 9.17) is 0 Å². The Kier molecular flexibility index (Phi) is 4.60. The number of rotatable bonds is 3. The van der Waals surface area contributed by atoms with Gasteiger partial charge in [-0.1, -0.05) is 42.5 Å². The Hall–Kier alpha value is -3.19. The second kappa shape index (κ2) is 7.09. The smallest absolute Gasteiger partial charge is 0.407 e. The minimum Gasteiger partial charge on any atom is -0.465 e. The summed E-state index contributed by atoms with van der Waals surface area (Å²) in [6, 6.07) is 14.2. The number of aryl methyl sites for hydroxylation is 1. The third-order valence-electron chi connectivity index (χ3n) is 5.39. The van der Waals surface area contributed by atoms with Crippen molar-refractivity contribution in [2.75, 3.05) is 0 Å². The van der Waals surface area contributed by atoms with E-state index in [1.54, 1.807) is 12.1 Å². The Morgan fingerprint density at radius 1 is 1.14 bits per heavy atom. The van der Waals surface area contributed by atoms with Crippen molar-refractivity contribution in [1.29, 1.82) is 0 Å². The molecule has 2 N–H and O–H groups in total. The summed E-state index contributed by atoms with van der Waals surface area (Å²) >= 11 is 0. The number of fused-ring (bicyclic) bond motifs is 2. The van der Waals surface area contributed by atoms with Gasteiger partial charge in [0.2, 0.25) is 0 Å². The number of carbonyl (C=O) groups is 1. The lowest BCUT2D eigenvalue weighted by atomic mass is 9.91. The Balaban J connectivity index is 1.67. The number of aliphatic hydroxyl groups is 1. The molecule has 0 fully saturated rings. The summed E-state index contributed by atoms with van der Waals surface area (Å²) in [6.07, 6.45) is -1.76. The fourth-order valence-corrected chi connectivity index (χ4v) is 3.93. The molecule has 2 aromatic carbocycles. The van der Waals surface area contributed by atoms with E-state index in [0.29, 0.717) is 17.5 Å². The van der Waals surface area contributed by atoms with E-state index in [1.165, 1.54) is 9.58 Å². The fourth-order valence-electron chi connectivity index (χ4n) is 3.93. The van der Waals surface area contributed by atoms with Crippen molar-refractivity contribution < 1.29 is 15.0 Å². The molecule has 1 amide bonds. The van der Waals surface area contributed by atoms with Crippen molar-refractivity contribution in [3.05, 3.63) is 75.7 Å². The molecule has 144 valence electrons. The van der Waals surface area contributed by atoms with Gasteiger partial charge in [-0.3, -0.25) is 9.69 Å². The molecule has 7 heteroatoms. The SMILES string of the molecule is Cc1nn(CC(O)[C@@H]2Cc3ccccc3CN2C(=O)O)c(=O)c2ccccc12. The summed E-state index contributed by atoms with van der Waals surface area (Å²) < 4.78 is 1.24. The second-order valence-corrected chi connectivity index (χ2v) is 7.14. The number of benzene rings is 2. The van der Waals surface area contributed by atoms with E-state index < -0.39 is 18.2 Å². The van der Waals surface area contributed by atoms with Crippen LogP contribution in [-0.4, -0.2) is 43.1 Å². The van der Waals surface area contributed by atoms with Crippen LogP contribution in [-0.2, 0) is 19.5 Å². The molecular weight excluding hydrogens is 358 g/mol. The fraction of sp³-hybridized carbons (Fsp3) is 0.286. The lowest BCUT2D eigenvalue weighted by Crippen LogP contribution is -2.51. The molecule has 0 saturated carbocycles. The lowest BCUT2D eigenvalue weighted by molar-refractivity contribution is 0.0274. The van der Waals surface area contributed by atoms with Gasteiger partial charge in [-0.15, -0.1) is 0 Å². The van der Waals surface area contributed by atoms with Crippen molar-refractivity contribution in [2.45, 2.75) is 38.6 Å². The summed E-state index contributed by atoms with van der Waals surface area (Å²) in [5.74, 6) is 0. The van der Waals surface area contributed by atoms with Crippen molar-refractivity contribution in [3.63, 3.8) is 0 Å². The molecule has 0 aliphatic carbocycles. The molecule has 1 aromatic heterocycles. The number of hydrogen-bond donors (Lipinski definition) is 2. The molecule has 1 aliphatic heterocycles. The summed E-state index contributed by atoms with van der Waals surface area (Å²) in [7, 11) is 0. The molecule has 2 heterocycles. The molecule has 4 rings (SSSR count). The van der Waals surface area contributed by atoms with Crippen LogP contribution in [0.15, 0.2) is 53.3 Å². The Morgan fingerprint density at radius 2 is 1.79 bits per heavy atom. The predicted octanol–water partition coefficient (Wildman–Crippen LogP) is 2.17. The molecule has 2 atom stereocenters. The van der Waals surface area contributed by atoms with Crippen LogP contribution in [0.3, 0.4) is 0 Å². The maximum atomic E-state index is 12.8. The minimum absolute atomic E-state index is 0.0683. The van der Waals surface area contributed by atoms with Gasteiger partial charge in [-0.2, -0.15) is 5.10 Å². The Morgan fingerprint density at radius 3 is 2.50 bits per heavy atom. The maximum absolute atomic E-state index is 12.8. The third-order valence-corrected chi connectivity index (χ3v) is 5.39. The second-order valence-electron chi connectivity index (χ2n) is 7.14. The highest BCUT2D eigenvalue weighted by atomic mass is 16.4. The topological polar surface area (TPSA) is 95.7 Å². The molecular formula is C21H21N3O4. The first-order chi connectivity index (χ1) is 13.5. The van der Waals surface area contributed by atoms with Crippen LogP contribution in [0.2, 0.25) is 0 Å². The average Bonchev–Trinajstić information content (AvgIpc) is 2.70. The van der Waals surface area contributed by atoms with Crippen molar-refractivity contribution in [2.24, 2.45) is 0 Å². The van der Waals surface area contributed by atoms with Crippen molar-refractivity contribution >= 4 is 16.9 Å². The van der Waals surface area contributed by atoms with Crippen molar-refractivity contribution in [3.8, 4) is 0 Å². The van der Waals surface area contributed by atoms with E-state index in [1.807, 2.05) is 43.3 Å². The van der Waals surface area contributed by atoms with Gasteiger partial charge in [-0.25, -0.2) is 9.48 Å². The van der Waals surface area contributed by atoms with Gasteiger partial charge in [0.05, 0.1) is 29.8 Å². The highest BCUT2D eigenvalue weighted by Crippen LogP contribution is 2.25. The first-order valence-electron chi connectivity index (χ1n) is 9.16. The Labute approximate surface area is 161 Å². The molecule has 0 bridgehead atoms. The van der Waals surface area contributed by atoms with E-state index in [-0.39, 0.29) is 18.6 Å². The van der Waals surface area contributed by atoms with Crippen LogP contribution >= 0.6 is 0 Å². The number of amides is 1. The largest absolute Gasteiger partial charge is 0.465 e. The van der Waals surface area contributed by atoms with Gasteiger partial charge in [0.15, 0.2) is 0 Å². The van der Waals surface area contributed by atoms with Gasteiger partial charge in [0.1, 0.15) is 0 Å². The summed E-state index contributed by atoms with van der Waals surface area (Å²) in [6.45, 7) is 1.96. The van der Waals surface area contributed by atoms with Gasteiger partial charge in [0.25, 0.3) is 5.56 Å². The first-order valence-corrected chi connectivity index (χ1v) is 9.16. The molecule has 7 nitrogen and oxygen atoms in total. The first kappa shape index (κ1) is 18.2. The van der Waals surface area contributed by atoms with Gasteiger partial charge in [-0.05, 0) is 30.5 Å². The average molecular weight is 379 g/mol. The number of carboxylic acid groups (broad SMARTS) is 1. The zero-order valence-electron chi connectivity index (χ0n) is 15.4. The summed E-state index contributed by atoms with van der Waals surface area (Å²) in [5, 5.41) is 26.1. The van der Waals surface area contributed by atoms with Gasteiger partial charge < -0.3 is 10.2 Å². The molecule has 28 heavy (non-hydrogen) atoms. The van der Waals surface area contributed by atoms with Crippen LogP contribution in [0.5, 0.6) is 0 Å². The number of aromatic nitrogens is 2. The highest BCUT2D eigenvalue weighted by Gasteiger charge is 2.34. The van der Waals surface area contributed by atoms with Crippen LogP contribution in [0.25, 0.3) is 10.8 Å². The normalized spacial score (nSPS) is 17.4. The van der Waals surface area contributed by atoms with Crippen LogP contribution < -0.4 is 5.56 Å². The molecule has 0 saturated heterocycles. The van der Waals surface area contributed by atoms with Gasteiger partial charge >= 0.3 is 6.09 Å². The van der Waals surface area contributed by atoms with Crippen LogP contribution in [0, 0.1) is 6.92 Å². The third kappa shape index (κ3) is 3.14. The minimum atomic E-state index is -1.09. The van der Waals surface area contributed by atoms with Crippen molar-refractivity contribution in [1.82, 2.24) is 14.7 Å². The monoisotopic (exact) mass is 379 g/mol. The van der Waals surface area contributed by atoms with Gasteiger partial charge in [0, 0.05) is 11.9 Å². The molecule has 1 aliphatic rings. The predicted molar refractivity (Wildman–Crippen MR) is 104 cm³/mol. The molecule has 0 radical (unpaired) electrons. The zero-order chi connectivity index (χ0) is 19.8. The number of aliphatic hydroxyl groups excluding tert-OH is 1. The van der Waals surface area contributed by atoms with E-state index in [2.05, 4.69) is 5.10 Å². The number of hydrogen-bond acceptors (Lipinski definition) is 4. The zero-order valence-corrected chi connectivity index (χ0v) is 15.4. The maximum Gasteiger partial charge on any atom is 0.407 e. The van der Waals surface area contributed by atoms with E-state index in [0.717, 1.165) is 16.5 Å². The highest BCUT2D eigenvalue weighted by molar-refractivity contribution is 5.83. The molecule has 1 unspecified atom stereocenters. The number of nitrogens with zero attached hydrogens (tertiary/aromatic N) is 3. The quantitative estimate of drug-likeness (QED) is 0.727. The molecule has 0 spiro atoms. The molecule has 3 aromatic rings. The van der Waals surface area contributed by atoms with Crippen LogP contribution in [0.1, 0.15) is 16.8 Å². The van der Waals surface area contributed by atoms with E-state index >= 15 is 0 Å². The van der Waals surface area contributed by atoms with E-state index in [9.17, 15) is 19.8 Å². The lowest BCUT2D eigenvalue weighted by Gasteiger charge is -2.37.